The van der Waals surface area contributed by atoms with Gasteiger partial charge in [-0.1, -0.05) is 18.2 Å². The van der Waals surface area contributed by atoms with Crippen molar-refractivity contribution in [1.82, 2.24) is 0 Å². The van der Waals surface area contributed by atoms with E-state index in [4.69, 9.17) is 10.5 Å². The molecule has 2 aromatic rings. The molecule has 0 saturated carbocycles. The topological polar surface area (TPSA) is 47.3 Å². The summed E-state index contributed by atoms with van der Waals surface area (Å²) < 4.78 is 19.1. The number of ether oxygens (including phenoxy) is 1. The van der Waals surface area contributed by atoms with E-state index in [0.717, 1.165) is 24.3 Å². The zero-order valence-electron chi connectivity index (χ0n) is 10.4. The molecule has 0 radical (unpaired) electrons. The van der Waals surface area contributed by atoms with E-state index in [-0.39, 0.29) is 5.82 Å². The van der Waals surface area contributed by atoms with E-state index < -0.39 is 0 Å². The van der Waals surface area contributed by atoms with Crippen LogP contribution in [0.4, 0.5) is 15.8 Å². The Kier molecular flexibility index (Phi) is 2.99. The highest BCUT2D eigenvalue weighted by Crippen LogP contribution is 2.27. The SMILES string of the molecule is Nc1cccc(F)c1NCc1ccc2c(c1)CCO2. The number of hydrogen-bond acceptors (Lipinski definition) is 3. The Labute approximate surface area is 111 Å². The van der Waals surface area contributed by atoms with Crippen LogP contribution in [0.2, 0.25) is 0 Å². The lowest BCUT2D eigenvalue weighted by atomic mass is 10.1. The Morgan fingerprint density at radius 3 is 3.00 bits per heavy atom. The summed E-state index contributed by atoms with van der Waals surface area (Å²) in [7, 11) is 0. The molecule has 2 aromatic carbocycles. The summed E-state index contributed by atoms with van der Waals surface area (Å²) in [4.78, 5) is 0. The first-order valence-corrected chi connectivity index (χ1v) is 6.26. The van der Waals surface area contributed by atoms with Crippen molar-refractivity contribution >= 4 is 11.4 Å². The first-order chi connectivity index (χ1) is 9.24. The summed E-state index contributed by atoms with van der Waals surface area (Å²) in [6.45, 7) is 1.28. The van der Waals surface area contributed by atoms with Gasteiger partial charge < -0.3 is 15.8 Å². The number of nitrogen functional groups attached to an aromatic ring is 1. The van der Waals surface area contributed by atoms with Gasteiger partial charge in [-0.2, -0.15) is 0 Å². The van der Waals surface area contributed by atoms with Gasteiger partial charge >= 0.3 is 0 Å². The minimum absolute atomic E-state index is 0.329. The molecule has 3 nitrogen and oxygen atoms in total. The van der Waals surface area contributed by atoms with Gasteiger partial charge in [-0.3, -0.25) is 0 Å². The lowest BCUT2D eigenvalue weighted by Crippen LogP contribution is -2.04. The van der Waals surface area contributed by atoms with Gasteiger partial charge in [-0.15, -0.1) is 0 Å². The van der Waals surface area contributed by atoms with Crippen LogP contribution in [0, 0.1) is 5.82 Å². The van der Waals surface area contributed by atoms with Gasteiger partial charge in [0.25, 0.3) is 0 Å². The smallest absolute Gasteiger partial charge is 0.148 e. The highest BCUT2D eigenvalue weighted by atomic mass is 19.1. The first kappa shape index (κ1) is 11.8. The summed E-state index contributed by atoms with van der Waals surface area (Å²) in [5, 5.41) is 3.05. The van der Waals surface area contributed by atoms with E-state index in [1.54, 1.807) is 12.1 Å². The maximum atomic E-state index is 13.6. The molecule has 3 rings (SSSR count). The fraction of sp³-hybridized carbons (Fsp3) is 0.200. The second-order valence-electron chi connectivity index (χ2n) is 4.60. The molecule has 1 aliphatic rings. The summed E-state index contributed by atoms with van der Waals surface area (Å²) in [6.07, 6.45) is 0.936. The summed E-state index contributed by atoms with van der Waals surface area (Å²) in [5.74, 6) is 0.624. The van der Waals surface area contributed by atoms with Gasteiger partial charge in [0.15, 0.2) is 0 Å². The number of nitrogens with two attached hydrogens (primary N) is 1. The molecule has 0 aromatic heterocycles. The van der Waals surface area contributed by atoms with Crippen LogP contribution in [0.1, 0.15) is 11.1 Å². The fourth-order valence-corrected chi connectivity index (χ4v) is 2.27. The lowest BCUT2D eigenvalue weighted by molar-refractivity contribution is 0.357. The van der Waals surface area contributed by atoms with Gasteiger partial charge in [0.05, 0.1) is 18.0 Å². The van der Waals surface area contributed by atoms with Crippen molar-refractivity contribution in [1.29, 1.82) is 0 Å². The zero-order valence-corrected chi connectivity index (χ0v) is 10.4. The number of benzene rings is 2. The number of anilines is 2. The second-order valence-corrected chi connectivity index (χ2v) is 4.60. The predicted molar refractivity (Wildman–Crippen MR) is 73.8 cm³/mol. The number of rotatable bonds is 3. The van der Waals surface area contributed by atoms with Crippen LogP contribution in [0.25, 0.3) is 0 Å². The Morgan fingerprint density at radius 1 is 1.26 bits per heavy atom. The van der Waals surface area contributed by atoms with E-state index in [1.165, 1.54) is 11.6 Å². The Hall–Kier alpha value is -2.23. The van der Waals surface area contributed by atoms with Crippen molar-refractivity contribution in [3.05, 3.63) is 53.3 Å². The summed E-state index contributed by atoms with van der Waals surface area (Å²) >= 11 is 0. The van der Waals surface area contributed by atoms with E-state index in [2.05, 4.69) is 11.4 Å². The molecule has 0 fully saturated rings. The van der Waals surface area contributed by atoms with Crippen LogP contribution in [-0.2, 0) is 13.0 Å². The van der Waals surface area contributed by atoms with Crippen molar-refractivity contribution in [3.8, 4) is 5.75 Å². The van der Waals surface area contributed by atoms with Gasteiger partial charge in [0.2, 0.25) is 0 Å². The minimum atomic E-state index is -0.329. The van der Waals surface area contributed by atoms with Crippen molar-refractivity contribution in [3.63, 3.8) is 0 Å². The number of nitrogens with one attached hydrogen (secondary N) is 1. The normalized spacial score (nSPS) is 12.9. The summed E-state index contributed by atoms with van der Waals surface area (Å²) in [5.41, 5.74) is 8.83. The van der Waals surface area contributed by atoms with Crippen LogP contribution in [0.15, 0.2) is 36.4 Å². The van der Waals surface area contributed by atoms with Crippen LogP contribution in [0.5, 0.6) is 5.75 Å². The number of hydrogen-bond donors (Lipinski definition) is 2. The van der Waals surface area contributed by atoms with Crippen molar-refractivity contribution in [2.45, 2.75) is 13.0 Å². The number of halogens is 1. The summed E-state index contributed by atoms with van der Waals surface area (Å²) in [6, 6.07) is 10.7. The third-order valence-electron chi connectivity index (χ3n) is 3.27. The molecule has 0 atom stereocenters. The van der Waals surface area contributed by atoms with Crippen molar-refractivity contribution in [2.24, 2.45) is 0 Å². The lowest BCUT2D eigenvalue weighted by Gasteiger charge is -2.11. The van der Waals surface area contributed by atoms with Gasteiger partial charge in [-0.25, -0.2) is 4.39 Å². The van der Waals surface area contributed by atoms with Crippen LogP contribution in [0.3, 0.4) is 0 Å². The number of para-hydroxylation sites is 1. The monoisotopic (exact) mass is 258 g/mol. The molecule has 0 unspecified atom stereocenters. The molecule has 3 N–H and O–H groups in total. The molecule has 1 aliphatic heterocycles. The average Bonchev–Trinajstić information content (AvgIpc) is 2.85. The molecule has 4 heteroatoms. The maximum absolute atomic E-state index is 13.6. The van der Waals surface area contributed by atoms with Crippen molar-refractivity contribution < 1.29 is 9.13 Å². The van der Waals surface area contributed by atoms with E-state index in [1.807, 2.05) is 12.1 Å². The molecule has 0 saturated heterocycles. The Bertz CT molecular complexity index is 593. The zero-order chi connectivity index (χ0) is 13.2. The predicted octanol–water partition coefficient (Wildman–Crippen LogP) is 2.95. The molecular weight excluding hydrogens is 243 g/mol. The Balaban J connectivity index is 1.76. The fourth-order valence-electron chi connectivity index (χ4n) is 2.27. The van der Waals surface area contributed by atoms with Crippen LogP contribution >= 0.6 is 0 Å². The van der Waals surface area contributed by atoms with Crippen molar-refractivity contribution in [2.75, 3.05) is 17.7 Å². The molecule has 1 heterocycles. The molecule has 0 spiro atoms. The molecule has 19 heavy (non-hydrogen) atoms. The van der Waals surface area contributed by atoms with Crippen LogP contribution in [-0.4, -0.2) is 6.61 Å². The molecular formula is C15H15FN2O. The average molecular weight is 258 g/mol. The third-order valence-corrected chi connectivity index (χ3v) is 3.27. The van der Waals surface area contributed by atoms with Gasteiger partial charge in [-0.05, 0) is 29.3 Å². The highest BCUT2D eigenvalue weighted by molar-refractivity contribution is 5.66. The third kappa shape index (κ3) is 2.34. The van der Waals surface area contributed by atoms with E-state index in [0.29, 0.717) is 17.9 Å². The van der Waals surface area contributed by atoms with Crippen LogP contribution < -0.4 is 15.8 Å². The number of fused-ring (bicyclic) bond motifs is 1. The van der Waals surface area contributed by atoms with Gasteiger partial charge in [0, 0.05) is 13.0 Å². The Morgan fingerprint density at radius 2 is 2.16 bits per heavy atom. The molecule has 98 valence electrons. The quantitative estimate of drug-likeness (QED) is 0.832. The molecule has 0 aliphatic carbocycles. The standard InChI is InChI=1S/C15H15FN2O/c16-12-2-1-3-13(17)15(12)18-9-10-4-5-14-11(8-10)6-7-19-14/h1-5,8,18H,6-7,9,17H2. The highest BCUT2D eigenvalue weighted by Gasteiger charge is 2.12. The maximum Gasteiger partial charge on any atom is 0.148 e. The largest absolute Gasteiger partial charge is 0.493 e. The second kappa shape index (κ2) is 4.80. The molecule has 0 bridgehead atoms. The van der Waals surface area contributed by atoms with Gasteiger partial charge in [0.1, 0.15) is 11.6 Å². The first-order valence-electron chi connectivity index (χ1n) is 6.26. The molecule has 0 amide bonds. The van der Waals surface area contributed by atoms with E-state index in [9.17, 15) is 4.39 Å². The minimum Gasteiger partial charge on any atom is -0.493 e. The van der Waals surface area contributed by atoms with E-state index >= 15 is 0 Å².